The molecule has 2 atom stereocenters. The molecular weight excluding hydrogens is 372 g/mol. The number of rotatable bonds is 6. The van der Waals surface area contributed by atoms with Crippen molar-refractivity contribution in [3.8, 4) is 5.75 Å². The third-order valence-corrected chi connectivity index (χ3v) is 6.60. The number of amides is 1. The number of nitrogens with zero attached hydrogens (tertiary/aromatic N) is 2. The van der Waals surface area contributed by atoms with Gasteiger partial charge in [0.25, 0.3) is 0 Å². The van der Waals surface area contributed by atoms with E-state index in [1.807, 2.05) is 6.07 Å². The summed E-state index contributed by atoms with van der Waals surface area (Å²) in [6.07, 6.45) is 1.75. The molecule has 2 aliphatic heterocycles. The molecule has 0 spiro atoms. The number of carbonyl (C=O) groups is 1. The summed E-state index contributed by atoms with van der Waals surface area (Å²) in [5.74, 6) is 2.38. The molecule has 2 aromatic rings. The van der Waals surface area contributed by atoms with E-state index in [0.29, 0.717) is 30.1 Å². The Kier molecular flexibility index (Phi) is 6.43. The third-order valence-electron chi connectivity index (χ3n) is 6.60. The van der Waals surface area contributed by atoms with E-state index in [2.05, 4.69) is 66.1 Å². The van der Waals surface area contributed by atoms with Gasteiger partial charge in [-0.15, -0.1) is 0 Å². The zero-order valence-electron chi connectivity index (χ0n) is 18.5. The van der Waals surface area contributed by atoms with Crippen LogP contribution in [0.1, 0.15) is 42.9 Å². The van der Waals surface area contributed by atoms with Crippen molar-refractivity contribution < 1.29 is 9.53 Å². The molecule has 160 valence electrons. The largest absolute Gasteiger partial charge is 0.497 e. The zero-order chi connectivity index (χ0) is 21.1. The lowest BCUT2D eigenvalue weighted by Crippen LogP contribution is -2.37. The van der Waals surface area contributed by atoms with Crippen molar-refractivity contribution in [2.75, 3.05) is 33.3 Å². The van der Waals surface area contributed by atoms with Crippen LogP contribution in [0.15, 0.2) is 48.5 Å². The van der Waals surface area contributed by atoms with Gasteiger partial charge in [0.2, 0.25) is 5.91 Å². The van der Waals surface area contributed by atoms with Crippen molar-refractivity contribution in [2.24, 2.45) is 11.8 Å². The summed E-state index contributed by atoms with van der Waals surface area (Å²) in [7, 11) is 1.72. The van der Waals surface area contributed by atoms with Crippen LogP contribution in [0.3, 0.4) is 0 Å². The lowest BCUT2D eigenvalue weighted by Gasteiger charge is -2.32. The number of hydrogen-bond acceptors (Lipinski definition) is 3. The van der Waals surface area contributed by atoms with Crippen molar-refractivity contribution >= 4 is 5.91 Å². The third kappa shape index (κ3) is 4.70. The van der Waals surface area contributed by atoms with E-state index < -0.39 is 0 Å². The summed E-state index contributed by atoms with van der Waals surface area (Å²) in [6.45, 7) is 9.04. The standard InChI is InChI=1S/C26H34N2O2/c1-19(2)13-26(29)28-17-23(25(18-28)21-9-6-10-24(14-21)30-3)16-27-12-11-20-7-4-5-8-22(20)15-27/h4-10,14,19,23,25H,11-13,15-18H2,1-3H3. The second-order valence-electron chi connectivity index (χ2n) is 9.29. The van der Waals surface area contributed by atoms with Gasteiger partial charge in [-0.2, -0.15) is 0 Å². The van der Waals surface area contributed by atoms with Gasteiger partial charge in [0.05, 0.1) is 7.11 Å². The molecule has 1 fully saturated rings. The lowest BCUT2D eigenvalue weighted by atomic mass is 9.87. The van der Waals surface area contributed by atoms with Gasteiger partial charge in [-0.25, -0.2) is 0 Å². The highest BCUT2D eigenvalue weighted by Gasteiger charge is 2.37. The van der Waals surface area contributed by atoms with Gasteiger partial charge in [0.15, 0.2) is 0 Å². The molecule has 0 saturated carbocycles. The molecule has 30 heavy (non-hydrogen) atoms. The second kappa shape index (κ2) is 9.22. The van der Waals surface area contributed by atoms with E-state index in [9.17, 15) is 4.79 Å². The van der Waals surface area contributed by atoms with Crippen molar-refractivity contribution in [1.29, 1.82) is 0 Å². The summed E-state index contributed by atoms with van der Waals surface area (Å²) in [4.78, 5) is 17.5. The first-order chi connectivity index (χ1) is 14.5. The minimum atomic E-state index is 0.296. The molecule has 0 radical (unpaired) electrons. The normalized spacial score (nSPS) is 21.7. The van der Waals surface area contributed by atoms with Gasteiger partial charge in [-0.1, -0.05) is 50.2 Å². The van der Waals surface area contributed by atoms with E-state index in [0.717, 1.165) is 44.9 Å². The average molecular weight is 407 g/mol. The summed E-state index contributed by atoms with van der Waals surface area (Å²) >= 11 is 0. The Morgan fingerprint density at radius 1 is 1.10 bits per heavy atom. The molecule has 0 aliphatic carbocycles. The molecule has 2 aliphatic rings. The number of benzene rings is 2. The number of fused-ring (bicyclic) bond motifs is 1. The molecule has 1 saturated heterocycles. The van der Waals surface area contributed by atoms with Crippen LogP contribution in [0.2, 0.25) is 0 Å². The smallest absolute Gasteiger partial charge is 0.222 e. The highest BCUT2D eigenvalue weighted by atomic mass is 16.5. The van der Waals surface area contributed by atoms with E-state index in [4.69, 9.17) is 4.74 Å². The average Bonchev–Trinajstić information content (AvgIpc) is 3.17. The van der Waals surface area contributed by atoms with Crippen LogP contribution >= 0.6 is 0 Å². The van der Waals surface area contributed by atoms with Crippen molar-refractivity contribution in [3.05, 3.63) is 65.2 Å². The predicted molar refractivity (Wildman–Crippen MR) is 121 cm³/mol. The molecular formula is C26H34N2O2. The first kappa shape index (κ1) is 20.9. The summed E-state index contributed by atoms with van der Waals surface area (Å²) in [5, 5.41) is 0. The molecule has 0 aromatic heterocycles. The Morgan fingerprint density at radius 2 is 1.90 bits per heavy atom. The Labute approximate surface area is 180 Å². The molecule has 4 heteroatoms. The van der Waals surface area contributed by atoms with E-state index in [-0.39, 0.29) is 0 Å². The fourth-order valence-corrected chi connectivity index (χ4v) is 5.03. The number of hydrogen-bond donors (Lipinski definition) is 0. The molecule has 2 heterocycles. The van der Waals surface area contributed by atoms with Gasteiger partial charge < -0.3 is 9.64 Å². The van der Waals surface area contributed by atoms with E-state index in [1.165, 1.54) is 16.7 Å². The van der Waals surface area contributed by atoms with Crippen LogP contribution in [0, 0.1) is 11.8 Å². The quantitative estimate of drug-likeness (QED) is 0.715. The summed E-state index contributed by atoms with van der Waals surface area (Å²) in [5.41, 5.74) is 4.22. The highest BCUT2D eigenvalue weighted by Crippen LogP contribution is 2.36. The van der Waals surface area contributed by atoms with Crippen molar-refractivity contribution in [2.45, 2.75) is 39.2 Å². The minimum absolute atomic E-state index is 0.296. The van der Waals surface area contributed by atoms with Gasteiger partial charge >= 0.3 is 0 Å². The summed E-state index contributed by atoms with van der Waals surface area (Å²) in [6, 6.07) is 17.2. The topological polar surface area (TPSA) is 32.8 Å². The van der Waals surface area contributed by atoms with Crippen LogP contribution in [-0.2, 0) is 17.8 Å². The molecule has 4 nitrogen and oxygen atoms in total. The first-order valence-corrected chi connectivity index (χ1v) is 11.2. The second-order valence-corrected chi connectivity index (χ2v) is 9.29. The Hall–Kier alpha value is -2.33. The monoisotopic (exact) mass is 406 g/mol. The Morgan fingerprint density at radius 3 is 2.67 bits per heavy atom. The van der Waals surface area contributed by atoms with Crippen molar-refractivity contribution in [1.82, 2.24) is 9.80 Å². The Bertz CT molecular complexity index is 879. The van der Waals surface area contributed by atoms with Gasteiger partial charge in [0.1, 0.15) is 5.75 Å². The van der Waals surface area contributed by atoms with Crippen LogP contribution in [0.4, 0.5) is 0 Å². The minimum Gasteiger partial charge on any atom is -0.497 e. The van der Waals surface area contributed by atoms with E-state index >= 15 is 0 Å². The SMILES string of the molecule is COc1cccc(C2CN(C(=O)CC(C)C)CC2CN2CCc3ccccc3C2)c1. The lowest BCUT2D eigenvalue weighted by molar-refractivity contribution is -0.131. The summed E-state index contributed by atoms with van der Waals surface area (Å²) < 4.78 is 5.47. The maximum Gasteiger partial charge on any atom is 0.222 e. The van der Waals surface area contributed by atoms with Crippen LogP contribution in [-0.4, -0.2) is 49.0 Å². The van der Waals surface area contributed by atoms with E-state index in [1.54, 1.807) is 7.11 Å². The van der Waals surface area contributed by atoms with Crippen LogP contribution in [0.5, 0.6) is 5.75 Å². The number of methoxy groups -OCH3 is 1. The number of carbonyl (C=O) groups excluding carboxylic acids is 1. The molecule has 4 rings (SSSR count). The number of likely N-dealkylation sites (tertiary alicyclic amines) is 1. The molecule has 2 unspecified atom stereocenters. The fourth-order valence-electron chi connectivity index (χ4n) is 5.03. The first-order valence-electron chi connectivity index (χ1n) is 11.2. The molecule has 2 aromatic carbocycles. The molecule has 1 amide bonds. The van der Waals surface area contributed by atoms with Crippen LogP contribution in [0.25, 0.3) is 0 Å². The predicted octanol–water partition coefficient (Wildman–Crippen LogP) is 4.34. The maximum absolute atomic E-state index is 12.8. The van der Waals surface area contributed by atoms with Crippen LogP contribution < -0.4 is 4.74 Å². The zero-order valence-corrected chi connectivity index (χ0v) is 18.5. The van der Waals surface area contributed by atoms with Gasteiger partial charge in [0, 0.05) is 45.1 Å². The molecule has 0 N–H and O–H groups in total. The fraction of sp³-hybridized carbons (Fsp3) is 0.500. The van der Waals surface area contributed by atoms with Crippen molar-refractivity contribution in [3.63, 3.8) is 0 Å². The highest BCUT2D eigenvalue weighted by molar-refractivity contribution is 5.77. The maximum atomic E-state index is 12.8. The number of ether oxygens (including phenoxy) is 1. The Balaban J connectivity index is 1.52. The van der Waals surface area contributed by atoms with Gasteiger partial charge in [-0.05, 0) is 47.1 Å². The molecule has 0 bridgehead atoms. The van der Waals surface area contributed by atoms with Gasteiger partial charge in [-0.3, -0.25) is 9.69 Å².